The van der Waals surface area contributed by atoms with Gasteiger partial charge in [-0.1, -0.05) is 24.6 Å². The number of nitro benzene ring substituents is 1. The highest BCUT2D eigenvalue weighted by Crippen LogP contribution is 2.37. The molecule has 0 atom stereocenters. The number of piperidine rings is 1. The van der Waals surface area contributed by atoms with Gasteiger partial charge in [-0.15, -0.1) is 10.2 Å². The minimum atomic E-state index is -3.78. The Balaban J connectivity index is 1.58. The van der Waals surface area contributed by atoms with Crippen LogP contribution in [-0.2, 0) is 10.0 Å². The molecule has 11 heteroatoms. The Morgan fingerprint density at radius 1 is 1.03 bits per heavy atom. The van der Waals surface area contributed by atoms with E-state index in [1.54, 1.807) is 0 Å². The molecule has 0 saturated carbocycles. The van der Waals surface area contributed by atoms with Crippen LogP contribution in [0.3, 0.4) is 0 Å². The van der Waals surface area contributed by atoms with Crippen LogP contribution < -0.4 is 0 Å². The molecule has 0 N–H and O–H groups in total. The predicted octanol–water partition coefficient (Wildman–Crippen LogP) is 4.42. The fraction of sp³-hybridized carbons (Fsp3) is 0.273. The molecular formula is C22H21N5O4S2. The second-order valence-corrected chi connectivity index (χ2v) is 10.9. The highest BCUT2D eigenvalue weighted by molar-refractivity contribution is 7.99. The van der Waals surface area contributed by atoms with Crippen LogP contribution in [-0.4, -0.2) is 45.3 Å². The Kier molecular flexibility index (Phi) is 5.55. The van der Waals surface area contributed by atoms with Crippen LogP contribution in [0.1, 0.15) is 24.8 Å². The van der Waals surface area contributed by atoms with Crippen molar-refractivity contribution in [2.45, 2.75) is 41.1 Å². The summed E-state index contributed by atoms with van der Waals surface area (Å²) in [6.07, 6.45) is 2.58. The number of hydrogen-bond donors (Lipinski definition) is 0. The van der Waals surface area contributed by atoms with Gasteiger partial charge >= 0.3 is 0 Å². The smallest absolute Gasteiger partial charge is 0.270 e. The monoisotopic (exact) mass is 483 g/mol. The Hall–Kier alpha value is -3.02. The molecule has 2 aromatic carbocycles. The third-order valence-electron chi connectivity index (χ3n) is 5.85. The molecule has 1 aliphatic rings. The van der Waals surface area contributed by atoms with E-state index in [0.29, 0.717) is 28.8 Å². The van der Waals surface area contributed by atoms with Crippen molar-refractivity contribution >= 4 is 44.0 Å². The molecule has 1 saturated heterocycles. The number of fused-ring (bicyclic) bond motifs is 3. The third kappa shape index (κ3) is 3.85. The maximum atomic E-state index is 13.0. The molecule has 33 heavy (non-hydrogen) atoms. The molecule has 2 aromatic heterocycles. The molecule has 170 valence electrons. The van der Waals surface area contributed by atoms with E-state index in [1.165, 1.54) is 16.4 Å². The van der Waals surface area contributed by atoms with Crippen molar-refractivity contribution in [2.24, 2.45) is 0 Å². The zero-order chi connectivity index (χ0) is 23.2. The summed E-state index contributed by atoms with van der Waals surface area (Å²) in [7, 11) is -3.78. The van der Waals surface area contributed by atoms with Crippen molar-refractivity contribution in [3.8, 4) is 0 Å². The number of nitrogens with zero attached hydrogens (tertiary/aromatic N) is 5. The van der Waals surface area contributed by atoms with Crippen molar-refractivity contribution < 1.29 is 13.3 Å². The second kappa shape index (κ2) is 8.40. The van der Waals surface area contributed by atoms with Crippen LogP contribution >= 0.6 is 11.8 Å². The number of hydrogen-bond acceptors (Lipinski definition) is 7. The molecule has 0 bridgehead atoms. The molecule has 9 nitrogen and oxygen atoms in total. The van der Waals surface area contributed by atoms with Gasteiger partial charge in [0.15, 0.2) is 5.65 Å². The first-order chi connectivity index (χ1) is 15.9. The standard InChI is InChI=1S/C22H21N5O4S2/c1-15-13-21-23-24-22(26(21)18-8-4-3-7-17(15)18)32-20-10-9-16(14-19(20)27(28)29)33(30,31)25-11-5-2-6-12-25/h3-4,7-10,13-14H,2,5-6,11-12H2,1H3. The molecule has 1 fully saturated rings. The molecule has 0 amide bonds. The molecule has 4 aromatic rings. The quantitative estimate of drug-likeness (QED) is 0.305. The van der Waals surface area contributed by atoms with Gasteiger partial charge in [0, 0.05) is 24.5 Å². The summed E-state index contributed by atoms with van der Waals surface area (Å²) >= 11 is 1.09. The van der Waals surface area contributed by atoms with Gasteiger partial charge in [0.25, 0.3) is 5.69 Å². The number of pyridine rings is 1. The lowest BCUT2D eigenvalue weighted by Crippen LogP contribution is -2.35. The molecule has 5 rings (SSSR count). The lowest BCUT2D eigenvalue weighted by atomic mass is 10.1. The van der Waals surface area contributed by atoms with Crippen LogP contribution in [0.25, 0.3) is 16.6 Å². The van der Waals surface area contributed by atoms with Crippen molar-refractivity contribution in [2.75, 3.05) is 13.1 Å². The minimum absolute atomic E-state index is 0.0624. The molecule has 0 spiro atoms. The number of rotatable bonds is 5. The first kappa shape index (κ1) is 21.8. The highest BCUT2D eigenvalue weighted by Gasteiger charge is 2.29. The van der Waals surface area contributed by atoms with Crippen molar-refractivity contribution in [3.05, 3.63) is 64.2 Å². The van der Waals surface area contributed by atoms with Crippen LogP contribution in [0.2, 0.25) is 0 Å². The summed E-state index contributed by atoms with van der Waals surface area (Å²) in [6.45, 7) is 2.87. The average molecular weight is 484 g/mol. The van der Waals surface area contributed by atoms with E-state index < -0.39 is 14.9 Å². The van der Waals surface area contributed by atoms with E-state index in [-0.39, 0.29) is 10.6 Å². The SMILES string of the molecule is Cc1cc2nnc(Sc3ccc(S(=O)(=O)N4CCCCC4)cc3[N+](=O)[O-])n2c2ccccc12. The van der Waals surface area contributed by atoms with E-state index >= 15 is 0 Å². The largest absolute Gasteiger partial charge is 0.284 e. The summed E-state index contributed by atoms with van der Waals surface area (Å²) in [5, 5.41) is 21.9. The Morgan fingerprint density at radius 2 is 1.79 bits per heavy atom. The van der Waals surface area contributed by atoms with E-state index in [1.807, 2.05) is 41.7 Å². The first-order valence-corrected chi connectivity index (χ1v) is 12.8. The van der Waals surface area contributed by atoms with Crippen molar-refractivity contribution in [1.29, 1.82) is 0 Å². The van der Waals surface area contributed by atoms with Gasteiger partial charge in [-0.2, -0.15) is 4.31 Å². The van der Waals surface area contributed by atoms with Crippen LogP contribution in [0, 0.1) is 17.0 Å². The van der Waals surface area contributed by atoms with Crippen LogP contribution in [0.4, 0.5) is 5.69 Å². The number of nitro groups is 1. The van der Waals surface area contributed by atoms with Gasteiger partial charge in [0.05, 0.1) is 20.2 Å². The zero-order valence-corrected chi connectivity index (χ0v) is 19.5. The number of sulfonamides is 1. The van der Waals surface area contributed by atoms with Gasteiger partial charge in [-0.05, 0) is 61.4 Å². The summed E-state index contributed by atoms with van der Waals surface area (Å²) in [6, 6.07) is 13.8. The Labute approximate surface area is 194 Å². The Bertz CT molecular complexity index is 1490. The van der Waals surface area contributed by atoms with Gasteiger partial charge in [-0.25, -0.2) is 8.42 Å². The normalized spacial score (nSPS) is 15.3. The van der Waals surface area contributed by atoms with Gasteiger partial charge in [0.1, 0.15) is 0 Å². The first-order valence-electron chi connectivity index (χ1n) is 10.6. The molecule has 1 aliphatic heterocycles. The number of benzene rings is 2. The summed E-state index contributed by atoms with van der Waals surface area (Å²) in [4.78, 5) is 11.6. The average Bonchev–Trinajstić information content (AvgIpc) is 3.22. The maximum absolute atomic E-state index is 13.0. The summed E-state index contributed by atoms with van der Waals surface area (Å²) in [5.74, 6) is 0. The Morgan fingerprint density at radius 3 is 2.55 bits per heavy atom. The molecule has 0 aliphatic carbocycles. The minimum Gasteiger partial charge on any atom is -0.270 e. The van der Waals surface area contributed by atoms with E-state index in [9.17, 15) is 18.5 Å². The summed E-state index contributed by atoms with van der Waals surface area (Å²) in [5.41, 5.74) is 2.32. The van der Waals surface area contributed by atoms with E-state index in [2.05, 4.69) is 10.2 Å². The molecule has 0 radical (unpaired) electrons. The topological polar surface area (TPSA) is 111 Å². The fourth-order valence-electron chi connectivity index (χ4n) is 4.18. The number of aromatic nitrogens is 3. The molecule has 3 heterocycles. The predicted molar refractivity (Wildman–Crippen MR) is 125 cm³/mol. The highest BCUT2D eigenvalue weighted by atomic mass is 32.2. The van der Waals surface area contributed by atoms with Crippen LogP contribution in [0.15, 0.2) is 63.5 Å². The van der Waals surface area contributed by atoms with E-state index in [4.69, 9.17) is 0 Å². The van der Waals surface area contributed by atoms with E-state index in [0.717, 1.165) is 53.6 Å². The van der Waals surface area contributed by atoms with Crippen LogP contribution in [0.5, 0.6) is 0 Å². The fourth-order valence-corrected chi connectivity index (χ4v) is 6.65. The third-order valence-corrected chi connectivity index (χ3v) is 8.76. The van der Waals surface area contributed by atoms with Crippen molar-refractivity contribution in [1.82, 2.24) is 18.9 Å². The van der Waals surface area contributed by atoms with Gasteiger partial charge < -0.3 is 0 Å². The molecular weight excluding hydrogens is 462 g/mol. The zero-order valence-electron chi connectivity index (χ0n) is 17.8. The van der Waals surface area contributed by atoms with Crippen molar-refractivity contribution in [3.63, 3.8) is 0 Å². The van der Waals surface area contributed by atoms with Gasteiger partial charge in [-0.3, -0.25) is 14.5 Å². The van der Waals surface area contributed by atoms with Gasteiger partial charge in [0.2, 0.25) is 15.2 Å². The number of para-hydroxylation sites is 1. The molecule has 0 unspecified atom stereocenters. The second-order valence-electron chi connectivity index (χ2n) is 7.97. The maximum Gasteiger partial charge on any atom is 0.284 e. The lowest BCUT2D eigenvalue weighted by molar-refractivity contribution is -0.388. The lowest BCUT2D eigenvalue weighted by Gasteiger charge is -2.25. The summed E-state index contributed by atoms with van der Waals surface area (Å²) < 4.78 is 29.3. The number of aryl methyl sites for hydroxylation is 1.